The van der Waals surface area contributed by atoms with Gasteiger partial charge in [0.2, 0.25) is 17.5 Å². The van der Waals surface area contributed by atoms with E-state index in [0.29, 0.717) is 23.4 Å². The van der Waals surface area contributed by atoms with Gasteiger partial charge in [0, 0.05) is 17.5 Å². The third-order valence-electron chi connectivity index (χ3n) is 5.55. The fourth-order valence-electron chi connectivity index (χ4n) is 4.07. The molecule has 3 amide bonds. The molecule has 0 saturated carbocycles. The highest BCUT2D eigenvalue weighted by molar-refractivity contribution is 6.06. The van der Waals surface area contributed by atoms with E-state index in [1.165, 1.54) is 0 Å². The molecular weight excluding hydrogens is 370 g/mol. The third-order valence-corrected chi connectivity index (χ3v) is 5.55. The monoisotopic (exact) mass is 389 g/mol. The number of nitrogens with zero attached hydrogens (tertiary/aromatic N) is 3. The number of hydrogen-bond donors (Lipinski definition) is 2. The number of nitrogens with two attached hydrogens (primary N) is 1. The molecule has 3 heterocycles. The first kappa shape index (κ1) is 18.6. The average molecular weight is 389 g/mol. The maximum atomic E-state index is 13.0. The van der Waals surface area contributed by atoms with Crippen LogP contribution in [0.1, 0.15) is 47.3 Å². The zero-order valence-electron chi connectivity index (χ0n) is 16.0. The smallest absolute Gasteiger partial charge is 0.255 e. The lowest BCUT2D eigenvalue weighted by Crippen LogP contribution is -2.53. The summed E-state index contributed by atoms with van der Waals surface area (Å²) in [6.45, 7) is 10.9. The van der Waals surface area contributed by atoms with E-state index in [0.717, 1.165) is 16.7 Å². The number of carbonyl (C=O) groups excluding carboxylic acids is 3. The van der Waals surface area contributed by atoms with Crippen LogP contribution in [0.4, 0.5) is 11.5 Å². The number of benzene rings is 1. The zero-order chi connectivity index (χ0) is 20.9. The second kappa shape index (κ2) is 6.71. The molecule has 4 rings (SSSR count). The van der Waals surface area contributed by atoms with Crippen LogP contribution in [0.2, 0.25) is 0 Å². The van der Waals surface area contributed by atoms with Crippen LogP contribution in [0, 0.1) is 13.5 Å². The van der Waals surface area contributed by atoms with Crippen LogP contribution in [-0.4, -0.2) is 33.6 Å². The Labute approximate surface area is 167 Å². The van der Waals surface area contributed by atoms with Crippen LogP contribution in [0.3, 0.4) is 0 Å². The lowest BCUT2D eigenvalue weighted by atomic mass is 9.99. The molecule has 8 nitrogen and oxygen atoms in total. The van der Waals surface area contributed by atoms with Gasteiger partial charge in [-0.1, -0.05) is 6.07 Å². The minimum atomic E-state index is -0.667. The van der Waals surface area contributed by atoms with Crippen molar-refractivity contribution in [2.45, 2.75) is 38.8 Å². The Bertz CT molecular complexity index is 1090. The molecule has 0 aliphatic carbocycles. The van der Waals surface area contributed by atoms with E-state index in [2.05, 4.69) is 15.1 Å². The molecule has 1 aromatic heterocycles. The predicted molar refractivity (Wildman–Crippen MR) is 106 cm³/mol. The van der Waals surface area contributed by atoms with Gasteiger partial charge in [-0.15, -0.1) is 0 Å². The number of piperidine rings is 1. The summed E-state index contributed by atoms with van der Waals surface area (Å²) in [6, 6.07) is 6.21. The Morgan fingerprint density at radius 2 is 2.03 bits per heavy atom. The number of imide groups is 1. The van der Waals surface area contributed by atoms with Crippen LogP contribution in [0.5, 0.6) is 0 Å². The van der Waals surface area contributed by atoms with Crippen molar-refractivity contribution < 1.29 is 14.4 Å². The molecule has 2 aliphatic rings. The van der Waals surface area contributed by atoms with Crippen LogP contribution >= 0.6 is 0 Å². The van der Waals surface area contributed by atoms with Crippen LogP contribution < -0.4 is 11.1 Å². The molecule has 3 N–H and O–H groups in total. The predicted octanol–water partition coefficient (Wildman–Crippen LogP) is 2.51. The number of carbonyl (C=O) groups is 3. The largest absolute Gasteiger partial charge is 0.392 e. The maximum Gasteiger partial charge on any atom is 0.255 e. The van der Waals surface area contributed by atoms with Crippen LogP contribution in [0.25, 0.3) is 16.1 Å². The minimum Gasteiger partial charge on any atom is -0.392 e. The molecule has 1 saturated heterocycles. The van der Waals surface area contributed by atoms with Crippen molar-refractivity contribution in [2.75, 3.05) is 5.73 Å². The number of hydrogen-bond acceptors (Lipinski definition) is 5. The maximum absolute atomic E-state index is 13.0. The highest BCUT2D eigenvalue weighted by Crippen LogP contribution is 2.39. The molecule has 0 spiro atoms. The van der Waals surface area contributed by atoms with Crippen molar-refractivity contribution in [1.82, 2.24) is 15.2 Å². The number of anilines is 1. The summed E-state index contributed by atoms with van der Waals surface area (Å²) >= 11 is 0. The summed E-state index contributed by atoms with van der Waals surface area (Å²) in [5.74, 6) is -0.799. The van der Waals surface area contributed by atoms with Gasteiger partial charge >= 0.3 is 0 Å². The number of nitrogens with one attached hydrogen (secondary N) is 1. The van der Waals surface area contributed by atoms with Gasteiger partial charge in [-0.3, -0.25) is 19.7 Å². The van der Waals surface area contributed by atoms with Gasteiger partial charge < -0.3 is 10.6 Å². The molecule has 1 fully saturated rings. The Balaban J connectivity index is 1.71. The molecule has 2 aromatic rings. The number of amides is 3. The van der Waals surface area contributed by atoms with Crippen molar-refractivity contribution in [3.8, 4) is 11.3 Å². The van der Waals surface area contributed by atoms with Crippen LogP contribution in [-0.2, 0) is 9.59 Å². The standard InChI is InChI=1S/C21H19N5O3/c1-10-8-15(24-19(22)18(10)23-3)12-4-5-13-14(9-12)11(2)26(21(13)29)16-6-7-17(27)25-20(16)28/h4-5,8-9,11,16H,6-7H2,1-2H3,(H2,22,24)(H,25,27,28)/t11-,16?/m1/s1. The summed E-state index contributed by atoms with van der Waals surface area (Å²) in [7, 11) is 0. The number of fused-ring (bicyclic) bond motifs is 1. The van der Waals surface area contributed by atoms with E-state index in [1.54, 1.807) is 30.0 Å². The minimum absolute atomic E-state index is 0.171. The van der Waals surface area contributed by atoms with Crippen molar-refractivity contribution in [3.05, 3.63) is 52.4 Å². The van der Waals surface area contributed by atoms with Gasteiger partial charge in [-0.05, 0) is 49.6 Å². The summed E-state index contributed by atoms with van der Waals surface area (Å²) in [4.78, 5) is 46.0. The SMILES string of the molecule is [C-]#[N+]c1c(C)cc(-c2ccc3c(c2)[C@@H](C)N(C2CCC(=O)NC2=O)C3=O)nc1N. The second-order valence-corrected chi connectivity index (χ2v) is 7.33. The lowest BCUT2D eigenvalue weighted by molar-refractivity contribution is -0.137. The topological polar surface area (TPSA) is 110 Å². The molecule has 2 atom stereocenters. The van der Waals surface area contributed by atoms with Gasteiger partial charge in [0.1, 0.15) is 11.9 Å². The molecule has 2 aliphatic heterocycles. The fourth-order valence-corrected chi connectivity index (χ4v) is 4.07. The first-order valence-electron chi connectivity index (χ1n) is 9.27. The molecule has 0 radical (unpaired) electrons. The van der Waals surface area contributed by atoms with E-state index in [9.17, 15) is 14.4 Å². The van der Waals surface area contributed by atoms with Crippen molar-refractivity contribution in [2.24, 2.45) is 0 Å². The number of aromatic nitrogens is 1. The normalized spacial score (nSPS) is 21.0. The summed E-state index contributed by atoms with van der Waals surface area (Å²) in [5.41, 5.74) is 9.72. The average Bonchev–Trinajstić information content (AvgIpc) is 2.92. The number of rotatable bonds is 2. The molecule has 146 valence electrons. The third kappa shape index (κ3) is 2.91. The van der Waals surface area contributed by atoms with Crippen molar-refractivity contribution >= 4 is 29.2 Å². The quantitative estimate of drug-likeness (QED) is 0.606. The second-order valence-electron chi connectivity index (χ2n) is 7.33. The number of pyridine rings is 1. The summed E-state index contributed by atoms with van der Waals surface area (Å²) in [6.07, 6.45) is 0.529. The molecule has 1 unspecified atom stereocenters. The van der Waals surface area contributed by atoms with Crippen molar-refractivity contribution in [3.63, 3.8) is 0 Å². The number of aryl methyl sites for hydroxylation is 1. The van der Waals surface area contributed by atoms with Crippen LogP contribution in [0.15, 0.2) is 24.3 Å². The zero-order valence-corrected chi connectivity index (χ0v) is 16.0. The highest BCUT2D eigenvalue weighted by atomic mass is 16.2. The Morgan fingerprint density at radius 1 is 1.28 bits per heavy atom. The first-order valence-corrected chi connectivity index (χ1v) is 9.27. The number of nitrogen functional groups attached to an aromatic ring is 1. The molecule has 29 heavy (non-hydrogen) atoms. The molecule has 1 aromatic carbocycles. The van der Waals surface area contributed by atoms with Gasteiger partial charge in [0.15, 0.2) is 0 Å². The molecular formula is C21H19N5O3. The summed E-state index contributed by atoms with van der Waals surface area (Å²) < 4.78 is 0. The first-order chi connectivity index (χ1) is 13.8. The van der Waals surface area contributed by atoms with E-state index >= 15 is 0 Å². The van der Waals surface area contributed by atoms with Gasteiger partial charge in [-0.2, -0.15) is 0 Å². The van der Waals surface area contributed by atoms with E-state index in [-0.39, 0.29) is 30.1 Å². The Kier molecular flexibility index (Phi) is 4.31. The molecule has 0 bridgehead atoms. The fraction of sp³-hybridized carbons (Fsp3) is 0.286. The molecule has 8 heteroatoms. The lowest BCUT2D eigenvalue weighted by Gasteiger charge is -2.32. The Hall–Kier alpha value is -3.73. The van der Waals surface area contributed by atoms with E-state index in [1.807, 2.05) is 13.0 Å². The van der Waals surface area contributed by atoms with Gasteiger partial charge in [-0.25, -0.2) is 9.83 Å². The summed E-state index contributed by atoms with van der Waals surface area (Å²) in [5, 5.41) is 2.31. The Morgan fingerprint density at radius 3 is 2.69 bits per heavy atom. The van der Waals surface area contributed by atoms with Crippen molar-refractivity contribution in [1.29, 1.82) is 0 Å². The van der Waals surface area contributed by atoms with Gasteiger partial charge in [0.25, 0.3) is 5.91 Å². The highest BCUT2D eigenvalue weighted by Gasteiger charge is 2.43. The van der Waals surface area contributed by atoms with Gasteiger partial charge in [0.05, 0.1) is 18.3 Å². The van der Waals surface area contributed by atoms with E-state index in [4.69, 9.17) is 12.3 Å². The van der Waals surface area contributed by atoms with E-state index < -0.39 is 11.9 Å².